The Hall–Kier alpha value is -2.81. The van der Waals surface area contributed by atoms with Crippen LogP contribution in [0.4, 0.5) is 0 Å². The van der Waals surface area contributed by atoms with Crippen molar-refractivity contribution in [3.8, 4) is 17.6 Å². The Morgan fingerprint density at radius 3 is 2.82 bits per heavy atom. The lowest BCUT2D eigenvalue weighted by molar-refractivity contribution is -0.203. The van der Waals surface area contributed by atoms with E-state index in [0.717, 1.165) is 42.9 Å². The van der Waals surface area contributed by atoms with E-state index in [9.17, 15) is 5.26 Å². The number of likely N-dealkylation sites (N-methyl/N-ethyl adjacent to an activating group) is 1. The molecular formula is C28H28N2O3. The van der Waals surface area contributed by atoms with Crippen LogP contribution in [0.2, 0.25) is 0 Å². The van der Waals surface area contributed by atoms with Gasteiger partial charge in [-0.25, -0.2) is 0 Å². The monoisotopic (exact) mass is 440 g/mol. The van der Waals surface area contributed by atoms with Crippen LogP contribution in [0, 0.1) is 22.7 Å². The first-order chi connectivity index (χ1) is 16.1. The van der Waals surface area contributed by atoms with Crippen molar-refractivity contribution in [2.24, 2.45) is 11.3 Å². The summed E-state index contributed by atoms with van der Waals surface area (Å²) in [7, 11) is 3.97. The minimum Gasteiger partial charge on any atom is -0.485 e. The average molecular weight is 441 g/mol. The molecule has 0 radical (unpaired) electrons. The topological polar surface area (TPSA) is 54.7 Å². The number of rotatable bonds is 4. The minimum atomic E-state index is -0.735. The van der Waals surface area contributed by atoms with Crippen molar-refractivity contribution in [2.45, 2.75) is 49.0 Å². The molecule has 8 rings (SSSR count). The van der Waals surface area contributed by atoms with E-state index in [0.29, 0.717) is 12.6 Å². The lowest BCUT2D eigenvalue weighted by atomic mass is 9.37. The van der Waals surface area contributed by atoms with Crippen molar-refractivity contribution in [2.75, 3.05) is 20.7 Å². The van der Waals surface area contributed by atoms with Gasteiger partial charge in [-0.1, -0.05) is 48.6 Å². The fourth-order valence-electron chi connectivity index (χ4n) is 8.04. The molecule has 2 aliphatic heterocycles. The van der Waals surface area contributed by atoms with Crippen LogP contribution in [0.1, 0.15) is 29.5 Å². The number of methoxy groups -OCH3 is 1. The van der Waals surface area contributed by atoms with Gasteiger partial charge >= 0.3 is 0 Å². The molecule has 6 atom stereocenters. The van der Waals surface area contributed by atoms with Gasteiger partial charge in [0.25, 0.3) is 0 Å². The first kappa shape index (κ1) is 19.6. The number of fused-ring (bicyclic) bond motifs is 1. The standard InChI is InChI=1S/C28H28N2O3/c1-30-13-12-27-23-19-8-9-21(32-17-18-6-4-3-5-7-18)24(23)33-25(27)28(31-2)11-10-26(27,22(30)14-19)15-20(28)16-29/h3-11,20,22,25H,12-15,17H2,1-2H3/t20-,22+,25+,26+,27-,28-/m0/s1. The Kier molecular flexibility index (Phi) is 3.81. The van der Waals surface area contributed by atoms with Crippen LogP contribution in [-0.2, 0) is 23.2 Å². The smallest absolute Gasteiger partial charge is 0.166 e. The second-order valence-electron chi connectivity index (χ2n) is 10.4. The summed E-state index contributed by atoms with van der Waals surface area (Å²) in [6, 6.07) is 17.5. The summed E-state index contributed by atoms with van der Waals surface area (Å²) in [6.45, 7) is 1.52. The van der Waals surface area contributed by atoms with Gasteiger partial charge in [0, 0.05) is 24.1 Å². The third-order valence-corrected chi connectivity index (χ3v) is 9.45. The maximum atomic E-state index is 10.2. The van der Waals surface area contributed by atoms with E-state index >= 15 is 0 Å². The van der Waals surface area contributed by atoms with Crippen LogP contribution in [0.25, 0.3) is 0 Å². The molecule has 2 aromatic carbocycles. The normalized spacial score (nSPS) is 39.0. The van der Waals surface area contributed by atoms with Crippen LogP contribution in [0.3, 0.4) is 0 Å². The Labute approximate surface area is 194 Å². The lowest BCUT2D eigenvalue weighted by Crippen LogP contribution is -2.78. The molecule has 5 nitrogen and oxygen atoms in total. The average Bonchev–Trinajstić information content (AvgIpc) is 3.23. The minimum absolute atomic E-state index is 0.123. The van der Waals surface area contributed by atoms with Gasteiger partial charge in [-0.2, -0.15) is 5.26 Å². The van der Waals surface area contributed by atoms with Crippen molar-refractivity contribution in [1.82, 2.24) is 4.90 Å². The number of hydrogen-bond acceptors (Lipinski definition) is 5. The summed E-state index contributed by atoms with van der Waals surface area (Å²) in [4.78, 5) is 2.51. The van der Waals surface area contributed by atoms with Crippen molar-refractivity contribution < 1.29 is 14.2 Å². The van der Waals surface area contributed by atoms with Crippen LogP contribution < -0.4 is 9.47 Å². The summed E-state index contributed by atoms with van der Waals surface area (Å²) in [6.07, 6.45) is 7.14. The zero-order valence-corrected chi connectivity index (χ0v) is 19.1. The molecule has 0 aromatic heterocycles. The third kappa shape index (κ3) is 2.11. The van der Waals surface area contributed by atoms with E-state index in [4.69, 9.17) is 14.2 Å². The summed E-state index contributed by atoms with van der Waals surface area (Å²) in [5.41, 5.74) is 2.78. The van der Waals surface area contributed by atoms with Gasteiger partial charge in [-0.3, -0.25) is 0 Å². The van der Waals surface area contributed by atoms with E-state index in [-0.39, 0.29) is 22.9 Å². The molecule has 1 saturated heterocycles. The van der Waals surface area contributed by atoms with Crippen molar-refractivity contribution in [3.63, 3.8) is 0 Å². The van der Waals surface area contributed by atoms with E-state index < -0.39 is 5.60 Å². The molecule has 2 fully saturated rings. The highest BCUT2D eigenvalue weighted by Gasteiger charge is 2.79. The Morgan fingerprint density at radius 2 is 2.03 bits per heavy atom. The SMILES string of the molecule is CO[C@@]12C=C[C@@]3(C[C@H]1C#N)[C@H]1Cc4ccc(OCc5ccccc5)c5c4[C@@]3(CCN1C)[C@H]2O5. The van der Waals surface area contributed by atoms with Gasteiger partial charge in [0.15, 0.2) is 11.5 Å². The van der Waals surface area contributed by atoms with Crippen molar-refractivity contribution in [3.05, 3.63) is 71.3 Å². The van der Waals surface area contributed by atoms with Crippen LogP contribution in [-0.4, -0.2) is 43.3 Å². The maximum absolute atomic E-state index is 10.2. The second kappa shape index (κ2) is 6.40. The van der Waals surface area contributed by atoms with Gasteiger partial charge in [-0.05, 0) is 50.0 Å². The summed E-state index contributed by atoms with van der Waals surface area (Å²) in [5, 5.41) is 10.2. The fraction of sp³-hybridized carbons (Fsp3) is 0.464. The quantitative estimate of drug-likeness (QED) is 0.673. The molecule has 0 N–H and O–H groups in total. The fourth-order valence-corrected chi connectivity index (χ4v) is 8.04. The summed E-state index contributed by atoms with van der Waals surface area (Å²) in [5.74, 6) is 1.45. The molecule has 1 saturated carbocycles. The van der Waals surface area contributed by atoms with Crippen LogP contribution >= 0.6 is 0 Å². The molecule has 33 heavy (non-hydrogen) atoms. The van der Waals surface area contributed by atoms with Gasteiger partial charge in [-0.15, -0.1) is 0 Å². The number of ether oxygens (including phenoxy) is 3. The number of nitriles is 1. The number of piperidine rings is 1. The molecular weight excluding hydrogens is 412 g/mol. The van der Waals surface area contributed by atoms with Crippen LogP contribution in [0.5, 0.6) is 11.5 Å². The molecule has 2 spiro atoms. The molecule has 168 valence electrons. The first-order valence-electron chi connectivity index (χ1n) is 11.9. The predicted molar refractivity (Wildman–Crippen MR) is 123 cm³/mol. The van der Waals surface area contributed by atoms with Crippen molar-refractivity contribution >= 4 is 0 Å². The lowest BCUT2D eigenvalue weighted by Gasteiger charge is -2.70. The van der Waals surface area contributed by atoms with Gasteiger partial charge < -0.3 is 19.1 Å². The van der Waals surface area contributed by atoms with Gasteiger partial charge in [0.05, 0.1) is 17.4 Å². The highest BCUT2D eigenvalue weighted by molar-refractivity contribution is 5.65. The predicted octanol–water partition coefficient (Wildman–Crippen LogP) is 4.01. The van der Waals surface area contributed by atoms with E-state index in [2.05, 4.69) is 54.4 Å². The molecule has 2 heterocycles. The highest BCUT2D eigenvalue weighted by atomic mass is 16.6. The molecule has 0 amide bonds. The summed E-state index contributed by atoms with van der Waals surface area (Å²) >= 11 is 0. The maximum Gasteiger partial charge on any atom is 0.166 e. The molecule has 5 heteroatoms. The number of hydrogen-bond donors (Lipinski definition) is 0. The van der Waals surface area contributed by atoms with Crippen LogP contribution in [0.15, 0.2) is 54.6 Å². The largest absolute Gasteiger partial charge is 0.485 e. The van der Waals surface area contributed by atoms with E-state index in [1.807, 2.05) is 18.2 Å². The molecule has 0 unspecified atom stereocenters. The summed E-state index contributed by atoms with van der Waals surface area (Å²) < 4.78 is 19.5. The number of benzene rings is 2. The molecule has 6 aliphatic rings. The number of likely N-dealkylation sites (tertiary alicyclic amines) is 1. The van der Waals surface area contributed by atoms with Gasteiger partial charge in [0.2, 0.25) is 0 Å². The Morgan fingerprint density at radius 1 is 1.18 bits per heavy atom. The zero-order valence-electron chi connectivity index (χ0n) is 19.1. The molecule has 2 aromatic rings. The molecule has 4 aliphatic carbocycles. The van der Waals surface area contributed by atoms with E-state index in [1.54, 1.807) is 7.11 Å². The van der Waals surface area contributed by atoms with Gasteiger partial charge in [0.1, 0.15) is 18.3 Å². The zero-order chi connectivity index (χ0) is 22.4. The third-order valence-electron chi connectivity index (χ3n) is 9.45. The Bertz CT molecular complexity index is 1220. The number of nitrogens with zero attached hydrogens (tertiary/aromatic N) is 2. The second-order valence-corrected chi connectivity index (χ2v) is 10.4. The highest BCUT2D eigenvalue weighted by Crippen LogP contribution is 2.74. The van der Waals surface area contributed by atoms with Crippen molar-refractivity contribution in [1.29, 1.82) is 5.26 Å². The van der Waals surface area contributed by atoms with E-state index in [1.165, 1.54) is 11.1 Å². The Balaban J connectivity index is 1.42. The first-order valence-corrected chi connectivity index (χ1v) is 11.9. The molecule has 4 bridgehead atoms.